The lowest BCUT2D eigenvalue weighted by molar-refractivity contribution is -0.0227. The first-order valence-corrected chi connectivity index (χ1v) is 9.18. The molecule has 1 fully saturated rings. The number of amides is 1. The van der Waals surface area contributed by atoms with E-state index in [0.29, 0.717) is 25.3 Å². The van der Waals surface area contributed by atoms with E-state index in [0.717, 1.165) is 16.9 Å². The highest BCUT2D eigenvalue weighted by atomic mass is 16.5. The van der Waals surface area contributed by atoms with Gasteiger partial charge in [-0.05, 0) is 29.8 Å². The zero-order valence-electron chi connectivity index (χ0n) is 15.0. The molecule has 4 heteroatoms. The first-order chi connectivity index (χ1) is 13.3. The molecule has 1 N–H and O–H groups in total. The van der Waals surface area contributed by atoms with Crippen molar-refractivity contribution in [2.75, 3.05) is 25.0 Å². The molecular weight excluding hydrogens is 336 g/mol. The van der Waals surface area contributed by atoms with Crippen LogP contribution in [0, 0.1) is 0 Å². The van der Waals surface area contributed by atoms with Gasteiger partial charge in [0, 0.05) is 12.2 Å². The fourth-order valence-corrected chi connectivity index (χ4v) is 3.33. The van der Waals surface area contributed by atoms with E-state index in [2.05, 4.69) is 5.32 Å². The number of nitrogens with zero attached hydrogens (tertiary/aromatic N) is 1. The Labute approximate surface area is 159 Å². The van der Waals surface area contributed by atoms with Crippen molar-refractivity contribution in [3.05, 3.63) is 96.1 Å². The van der Waals surface area contributed by atoms with Crippen LogP contribution in [0.3, 0.4) is 0 Å². The van der Waals surface area contributed by atoms with Crippen molar-refractivity contribution in [3.63, 3.8) is 0 Å². The molecule has 0 aromatic heterocycles. The van der Waals surface area contributed by atoms with Gasteiger partial charge < -0.3 is 15.0 Å². The molecule has 136 valence electrons. The molecule has 1 atom stereocenters. The summed E-state index contributed by atoms with van der Waals surface area (Å²) in [4.78, 5) is 15.1. The lowest BCUT2D eigenvalue weighted by Gasteiger charge is -2.33. The lowest BCUT2D eigenvalue weighted by atomic mass is 10.1. The van der Waals surface area contributed by atoms with Gasteiger partial charge in [0.15, 0.2) is 0 Å². The number of para-hydroxylation sites is 2. The van der Waals surface area contributed by atoms with Gasteiger partial charge in [-0.25, -0.2) is 0 Å². The SMILES string of the molecule is O=C(c1ccccc1Nc1ccccc1)N1CCO[C@H](c2ccccc2)C1. The van der Waals surface area contributed by atoms with E-state index in [1.807, 2.05) is 89.8 Å². The van der Waals surface area contributed by atoms with Gasteiger partial charge in [-0.1, -0.05) is 60.7 Å². The second-order valence-electron chi connectivity index (χ2n) is 6.56. The molecule has 27 heavy (non-hydrogen) atoms. The summed E-state index contributed by atoms with van der Waals surface area (Å²) in [5, 5.41) is 3.36. The largest absolute Gasteiger partial charge is 0.370 e. The highest BCUT2D eigenvalue weighted by Crippen LogP contribution is 2.26. The maximum Gasteiger partial charge on any atom is 0.256 e. The molecule has 0 bridgehead atoms. The van der Waals surface area contributed by atoms with Crippen molar-refractivity contribution in [2.45, 2.75) is 6.10 Å². The average Bonchev–Trinajstić information content (AvgIpc) is 2.75. The zero-order chi connectivity index (χ0) is 18.5. The van der Waals surface area contributed by atoms with Gasteiger partial charge in [-0.3, -0.25) is 4.79 Å². The summed E-state index contributed by atoms with van der Waals surface area (Å²) in [6, 6.07) is 27.6. The first kappa shape index (κ1) is 17.3. The summed E-state index contributed by atoms with van der Waals surface area (Å²) >= 11 is 0. The summed E-state index contributed by atoms with van der Waals surface area (Å²) in [5.41, 5.74) is 3.55. The average molecular weight is 358 g/mol. The van der Waals surface area contributed by atoms with Gasteiger partial charge >= 0.3 is 0 Å². The number of carbonyl (C=O) groups excluding carboxylic acids is 1. The fraction of sp³-hybridized carbons (Fsp3) is 0.174. The summed E-state index contributed by atoms with van der Waals surface area (Å²) in [6.45, 7) is 1.70. The molecule has 0 unspecified atom stereocenters. The molecular formula is C23H22N2O2. The van der Waals surface area contributed by atoms with Gasteiger partial charge in [0.2, 0.25) is 0 Å². The second-order valence-corrected chi connectivity index (χ2v) is 6.56. The molecule has 0 radical (unpaired) electrons. The molecule has 4 nitrogen and oxygen atoms in total. The molecule has 3 aromatic rings. The predicted octanol–water partition coefficient (Wildman–Crippen LogP) is 4.64. The van der Waals surface area contributed by atoms with Gasteiger partial charge in [-0.2, -0.15) is 0 Å². The molecule has 0 saturated carbocycles. The van der Waals surface area contributed by atoms with E-state index in [-0.39, 0.29) is 12.0 Å². The molecule has 1 saturated heterocycles. The maximum atomic E-state index is 13.2. The molecule has 1 aliphatic heterocycles. The maximum absolute atomic E-state index is 13.2. The van der Waals surface area contributed by atoms with E-state index >= 15 is 0 Å². The van der Waals surface area contributed by atoms with Crippen LogP contribution in [0.4, 0.5) is 11.4 Å². The number of nitrogens with one attached hydrogen (secondary N) is 1. The van der Waals surface area contributed by atoms with Crippen molar-refractivity contribution in [1.29, 1.82) is 0 Å². The zero-order valence-corrected chi connectivity index (χ0v) is 15.0. The third kappa shape index (κ3) is 4.01. The Kier molecular flexibility index (Phi) is 5.17. The van der Waals surface area contributed by atoms with Crippen LogP contribution < -0.4 is 5.32 Å². The quantitative estimate of drug-likeness (QED) is 0.738. The van der Waals surface area contributed by atoms with Crippen molar-refractivity contribution < 1.29 is 9.53 Å². The number of ether oxygens (including phenoxy) is 1. The van der Waals surface area contributed by atoms with E-state index in [1.54, 1.807) is 0 Å². The van der Waals surface area contributed by atoms with E-state index in [1.165, 1.54) is 0 Å². The minimum absolute atomic E-state index is 0.0262. The minimum atomic E-state index is -0.0851. The summed E-state index contributed by atoms with van der Waals surface area (Å²) in [7, 11) is 0. The van der Waals surface area contributed by atoms with Crippen LogP contribution in [0.2, 0.25) is 0 Å². The second kappa shape index (κ2) is 8.06. The Morgan fingerprint density at radius 2 is 1.56 bits per heavy atom. The van der Waals surface area contributed by atoms with Crippen LogP contribution in [-0.2, 0) is 4.74 Å². The van der Waals surface area contributed by atoms with Crippen molar-refractivity contribution in [3.8, 4) is 0 Å². The normalized spacial score (nSPS) is 16.7. The number of morpholine rings is 1. The van der Waals surface area contributed by atoms with Gasteiger partial charge in [0.25, 0.3) is 5.91 Å². The van der Waals surface area contributed by atoms with Crippen molar-refractivity contribution in [2.24, 2.45) is 0 Å². The van der Waals surface area contributed by atoms with Gasteiger partial charge in [0.05, 0.1) is 24.4 Å². The molecule has 1 heterocycles. The third-order valence-corrected chi connectivity index (χ3v) is 4.74. The number of rotatable bonds is 4. The van der Waals surface area contributed by atoms with Gasteiger partial charge in [-0.15, -0.1) is 0 Å². The van der Waals surface area contributed by atoms with E-state index < -0.39 is 0 Å². The van der Waals surface area contributed by atoms with Gasteiger partial charge in [0.1, 0.15) is 6.10 Å². The first-order valence-electron chi connectivity index (χ1n) is 9.18. The summed E-state index contributed by atoms with van der Waals surface area (Å²) < 4.78 is 5.90. The van der Waals surface area contributed by atoms with Crippen LogP contribution in [0.15, 0.2) is 84.9 Å². The number of anilines is 2. The fourth-order valence-electron chi connectivity index (χ4n) is 3.33. The van der Waals surface area contributed by atoms with E-state index in [4.69, 9.17) is 4.74 Å². The Balaban J connectivity index is 1.54. The van der Waals surface area contributed by atoms with Crippen molar-refractivity contribution in [1.82, 2.24) is 4.90 Å². The third-order valence-electron chi connectivity index (χ3n) is 4.74. The number of hydrogen-bond acceptors (Lipinski definition) is 3. The molecule has 0 aliphatic carbocycles. The van der Waals surface area contributed by atoms with Crippen LogP contribution in [-0.4, -0.2) is 30.5 Å². The lowest BCUT2D eigenvalue weighted by Crippen LogP contribution is -2.42. The highest BCUT2D eigenvalue weighted by Gasteiger charge is 2.27. The van der Waals surface area contributed by atoms with Crippen LogP contribution in [0.1, 0.15) is 22.0 Å². The monoisotopic (exact) mass is 358 g/mol. The molecule has 3 aromatic carbocycles. The Bertz CT molecular complexity index is 897. The topological polar surface area (TPSA) is 41.6 Å². The Morgan fingerprint density at radius 3 is 2.33 bits per heavy atom. The van der Waals surface area contributed by atoms with E-state index in [9.17, 15) is 4.79 Å². The standard InChI is InChI=1S/C23H22N2O2/c26-23(25-15-16-27-22(17-25)18-9-3-1-4-10-18)20-13-7-8-14-21(20)24-19-11-5-2-6-12-19/h1-14,22,24H,15-17H2/t22-/m0/s1. The molecule has 1 amide bonds. The van der Waals surface area contributed by atoms with Crippen LogP contribution >= 0.6 is 0 Å². The molecule has 0 spiro atoms. The Morgan fingerprint density at radius 1 is 0.889 bits per heavy atom. The van der Waals surface area contributed by atoms with Crippen molar-refractivity contribution >= 4 is 17.3 Å². The smallest absolute Gasteiger partial charge is 0.256 e. The highest BCUT2D eigenvalue weighted by molar-refractivity contribution is 6.00. The molecule has 4 rings (SSSR count). The number of benzene rings is 3. The molecule has 1 aliphatic rings. The number of hydrogen-bond donors (Lipinski definition) is 1. The van der Waals surface area contributed by atoms with Crippen LogP contribution in [0.25, 0.3) is 0 Å². The number of carbonyl (C=O) groups is 1. The van der Waals surface area contributed by atoms with Crippen LogP contribution in [0.5, 0.6) is 0 Å². The summed E-state index contributed by atoms with van der Waals surface area (Å²) in [5.74, 6) is 0.0262. The predicted molar refractivity (Wildman–Crippen MR) is 107 cm³/mol. The minimum Gasteiger partial charge on any atom is -0.370 e. The summed E-state index contributed by atoms with van der Waals surface area (Å²) in [6.07, 6.45) is -0.0851. The Hall–Kier alpha value is -3.11.